The van der Waals surface area contributed by atoms with E-state index in [4.69, 9.17) is 9.84 Å². The van der Waals surface area contributed by atoms with Crippen LogP contribution in [0.15, 0.2) is 18.2 Å². The topological polar surface area (TPSA) is 87.1 Å². The number of nitrogens with zero attached hydrogens (tertiary/aromatic N) is 1. The van der Waals surface area contributed by atoms with E-state index in [2.05, 4.69) is 0 Å². The van der Waals surface area contributed by atoms with E-state index in [-0.39, 0.29) is 11.3 Å². The largest absolute Gasteiger partial charge is 0.507 e. The Labute approximate surface area is 114 Å². The normalized spacial score (nSPS) is 18.4. The highest BCUT2D eigenvalue weighted by Gasteiger charge is 2.35. The highest BCUT2D eigenvalue weighted by molar-refractivity contribution is 7.99. The molecular formula is C12H13NO5S. The van der Waals surface area contributed by atoms with Crippen molar-refractivity contribution in [1.82, 2.24) is 4.90 Å². The fourth-order valence-electron chi connectivity index (χ4n) is 1.82. The summed E-state index contributed by atoms with van der Waals surface area (Å²) in [4.78, 5) is 24.6. The third kappa shape index (κ3) is 2.60. The molecule has 19 heavy (non-hydrogen) atoms. The van der Waals surface area contributed by atoms with Gasteiger partial charge in [-0.3, -0.25) is 4.79 Å². The summed E-state index contributed by atoms with van der Waals surface area (Å²) in [5.74, 6) is -0.653. The van der Waals surface area contributed by atoms with Crippen LogP contribution in [-0.2, 0) is 4.79 Å². The molecule has 0 saturated carbocycles. The highest BCUT2D eigenvalue weighted by atomic mass is 32.2. The highest BCUT2D eigenvalue weighted by Crippen LogP contribution is 2.28. The number of hydrogen-bond acceptors (Lipinski definition) is 5. The van der Waals surface area contributed by atoms with E-state index in [1.165, 1.54) is 42.0 Å². The number of benzene rings is 1. The van der Waals surface area contributed by atoms with Crippen molar-refractivity contribution in [2.75, 3.05) is 18.7 Å². The molecule has 7 heteroatoms. The minimum atomic E-state index is -1.04. The summed E-state index contributed by atoms with van der Waals surface area (Å²) < 4.78 is 4.99. The van der Waals surface area contributed by atoms with Gasteiger partial charge in [0.2, 0.25) is 0 Å². The molecular weight excluding hydrogens is 270 g/mol. The molecule has 1 atom stereocenters. The van der Waals surface area contributed by atoms with Crippen molar-refractivity contribution < 1.29 is 24.5 Å². The third-order valence-corrected chi connectivity index (χ3v) is 3.87. The summed E-state index contributed by atoms with van der Waals surface area (Å²) in [6.45, 7) is 0. The standard InChI is InChI=1S/C12H13NO5S/c1-18-7-2-3-10(14)8(4-7)11(15)13-6-19-5-9(13)12(16)17/h2-4,9,14H,5-6H2,1H3,(H,16,17)/t9-/m0/s1. The van der Waals surface area contributed by atoms with Gasteiger partial charge in [0, 0.05) is 5.75 Å². The van der Waals surface area contributed by atoms with Gasteiger partial charge in [-0.05, 0) is 18.2 Å². The molecule has 1 saturated heterocycles. The van der Waals surface area contributed by atoms with Crippen LogP contribution in [0.3, 0.4) is 0 Å². The molecule has 1 amide bonds. The number of aliphatic carboxylic acids is 1. The Hall–Kier alpha value is -1.89. The minimum Gasteiger partial charge on any atom is -0.507 e. The van der Waals surface area contributed by atoms with Crippen LogP contribution in [0.2, 0.25) is 0 Å². The number of thioether (sulfide) groups is 1. The lowest BCUT2D eigenvalue weighted by molar-refractivity contribution is -0.140. The molecule has 2 rings (SSSR count). The van der Waals surface area contributed by atoms with Gasteiger partial charge < -0.3 is 19.8 Å². The van der Waals surface area contributed by atoms with Crippen LogP contribution in [0, 0.1) is 0 Å². The minimum absolute atomic E-state index is 0.0492. The molecule has 1 heterocycles. The molecule has 2 N–H and O–H groups in total. The van der Waals surface area contributed by atoms with Gasteiger partial charge in [-0.2, -0.15) is 0 Å². The molecule has 0 aromatic heterocycles. The Balaban J connectivity index is 2.31. The van der Waals surface area contributed by atoms with E-state index in [0.29, 0.717) is 17.4 Å². The van der Waals surface area contributed by atoms with Gasteiger partial charge in [0.1, 0.15) is 17.5 Å². The molecule has 1 aromatic carbocycles. The predicted molar refractivity (Wildman–Crippen MR) is 69.6 cm³/mol. The van der Waals surface area contributed by atoms with Crippen LogP contribution < -0.4 is 4.74 Å². The second kappa shape index (κ2) is 5.40. The number of carbonyl (C=O) groups excluding carboxylic acids is 1. The van der Waals surface area contributed by atoms with Crippen LogP contribution in [0.25, 0.3) is 0 Å². The van der Waals surface area contributed by atoms with Crippen LogP contribution >= 0.6 is 11.8 Å². The number of methoxy groups -OCH3 is 1. The lowest BCUT2D eigenvalue weighted by atomic mass is 10.1. The molecule has 0 unspecified atom stereocenters. The number of rotatable bonds is 3. The first kappa shape index (κ1) is 13.5. The van der Waals surface area contributed by atoms with E-state index in [1.807, 2.05) is 0 Å². The molecule has 6 nitrogen and oxygen atoms in total. The number of carboxylic acids is 1. The maximum atomic E-state index is 12.3. The van der Waals surface area contributed by atoms with Crippen LogP contribution in [-0.4, -0.2) is 51.8 Å². The molecule has 0 spiro atoms. The fraction of sp³-hybridized carbons (Fsp3) is 0.333. The number of hydrogen-bond donors (Lipinski definition) is 2. The van der Waals surface area contributed by atoms with Crippen molar-refractivity contribution in [2.24, 2.45) is 0 Å². The van der Waals surface area contributed by atoms with E-state index in [1.54, 1.807) is 0 Å². The Morgan fingerprint density at radius 3 is 2.84 bits per heavy atom. The molecule has 0 radical (unpaired) electrons. The average molecular weight is 283 g/mol. The first-order valence-corrected chi connectivity index (χ1v) is 6.68. The third-order valence-electron chi connectivity index (χ3n) is 2.86. The second-order valence-electron chi connectivity index (χ2n) is 4.01. The van der Waals surface area contributed by atoms with E-state index in [0.717, 1.165) is 0 Å². The summed E-state index contributed by atoms with van der Waals surface area (Å²) >= 11 is 1.37. The summed E-state index contributed by atoms with van der Waals surface area (Å²) in [6, 6.07) is 3.42. The van der Waals surface area contributed by atoms with Gasteiger partial charge in [-0.25, -0.2) is 4.79 Å². The zero-order valence-corrected chi connectivity index (χ0v) is 11.0. The summed E-state index contributed by atoms with van der Waals surface area (Å²) in [5, 5.41) is 18.8. The van der Waals surface area contributed by atoms with Crippen molar-refractivity contribution in [1.29, 1.82) is 0 Å². The maximum absolute atomic E-state index is 12.3. The van der Waals surface area contributed by atoms with E-state index < -0.39 is 17.9 Å². The number of amides is 1. The summed E-state index contributed by atoms with van der Waals surface area (Å²) in [6.07, 6.45) is 0. The summed E-state index contributed by atoms with van der Waals surface area (Å²) in [7, 11) is 1.45. The van der Waals surface area contributed by atoms with Crippen molar-refractivity contribution >= 4 is 23.6 Å². The van der Waals surface area contributed by atoms with Crippen LogP contribution in [0.4, 0.5) is 0 Å². The molecule has 0 aliphatic carbocycles. The maximum Gasteiger partial charge on any atom is 0.327 e. The Morgan fingerprint density at radius 1 is 1.47 bits per heavy atom. The Bertz CT molecular complexity index is 519. The molecule has 1 fully saturated rings. The van der Waals surface area contributed by atoms with Gasteiger partial charge in [0.05, 0.1) is 18.6 Å². The van der Waals surface area contributed by atoms with Gasteiger partial charge >= 0.3 is 5.97 Å². The van der Waals surface area contributed by atoms with Crippen molar-refractivity contribution in [2.45, 2.75) is 6.04 Å². The number of ether oxygens (including phenoxy) is 1. The molecule has 0 bridgehead atoms. The van der Waals surface area contributed by atoms with Crippen molar-refractivity contribution in [3.63, 3.8) is 0 Å². The predicted octanol–water partition coefficient (Wildman–Crippen LogP) is 1.00. The summed E-state index contributed by atoms with van der Waals surface area (Å²) in [5.41, 5.74) is 0.0492. The smallest absolute Gasteiger partial charge is 0.327 e. The monoisotopic (exact) mass is 283 g/mol. The van der Waals surface area contributed by atoms with E-state index in [9.17, 15) is 14.7 Å². The van der Waals surface area contributed by atoms with Gasteiger partial charge in [0.25, 0.3) is 5.91 Å². The van der Waals surface area contributed by atoms with Gasteiger partial charge in [-0.15, -0.1) is 11.8 Å². The molecule has 1 aromatic rings. The Morgan fingerprint density at radius 2 is 2.21 bits per heavy atom. The van der Waals surface area contributed by atoms with Crippen molar-refractivity contribution in [3.05, 3.63) is 23.8 Å². The fourth-order valence-corrected chi connectivity index (χ4v) is 2.96. The molecule has 1 aliphatic rings. The molecule has 102 valence electrons. The quantitative estimate of drug-likeness (QED) is 0.860. The molecule has 1 aliphatic heterocycles. The van der Waals surface area contributed by atoms with Crippen LogP contribution in [0.5, 0.6) is 11.5 Å². The average Bonchev–Trinajstić information content (AvgIpc) is 2.88. The lowest BCUT2D eigenvalue weighted by Crippen LogP contribution is -2.41. The lowest BCUT2D eigenvalue weighted by Gasteiger charge is -2.21. The number of carboxylic acid groups (broad SMARTS) is 1. The zero-order valence-electron chi connectivity index (χ0n) is 10.2. The number of phenolic OH excluding ortho intramolecular Hbond substituents is 1. The number of carbonyl (C=O) groups is 2. The number of phenols is 1. The first-order chi connectivity index (χ1) is 9.04. The van der Waals surface area contributed by atoms with Gasteiger partial charge in [0.15, 0.2) is 0 Å². The Kier molecular flexibility index (Phi) is 3.84. The van der Waals surface area contributed by atoms with E-state index >= 15 is 0 Å². The van der Waals surface area contributed by atoms with Gasteiger partial charge in [-0.1, -0.05) is 0 Å². The zero-order chi connectivity index (χ0) is 14.0. The second-order valence-corrected chi connectivity index (χ2v) is 5.01. The van der Waals surface area contributed by atoms with Crippen LogP contribution in [0.1, 0.15) is 10.4 Å². The first-order valence-electron chi connectivity index (χ1n) is 5.53. The van der Waals surface area contributed by atoms with Crippen molar-refractivity contribution in [3.8, 4) is 11.5 Å². The SMILES string of the molecule is COc1ccc(O)c(C(=O)N2CSC[C@H]2C(=O)O)c1. The number of aromatic hydroxyl groups is 1.